The van der Waals surface area contributed by atoms with Gasteiger partial charge in [0.1, 0.15) is 23.6 Å². The van der Waals surface area contributed by atoms with Crippen molar-refractivity contribution in [2.75, 3.05) is 21.3 Å². The number of carbonyl (C=O) groups is 3. The van der Waals surface area contributed by atoms with Crippen LogP contribution in [0.25, 0.3) is 11.1 Å². The van der Waals surface area contributed by atoms with E-state index in [0.29, 0.717) is 28.2 Å². The predicted molar refractivity (Wildman–Crippen MR) is 158 cm³/mol. The van der Waals surface area contributed by atoms with Crippen LogP contribution in [-0.2, 0) is 35.6 Å². The highest BCUT2D eigenvalue weighted by molar-refractivity contribution is 7.89. The third-order valence-electron chi connectivity index (χ3n) is 7.26. The topological polar surface area (TPSA) is 180 Å². The van der Waals surface area contributed by atoms with Gasteiger partial charge in [-0.2, -0.15) is 4.72 Å². The fraction of sp³-hybridized carbons (Fsp3) is 0.300. The second-order valence-electron chi connectivity index (χ2n) is 10.2. The van der Waals surface area contributed by atoms with E-state index in [0.717, 1.165) is 24.3 Å². The van der Waals surface area contributed by atoms with Gasteiger partial charge < -0.3 is 19.5 Å². The summed E-state index contributed by atoms with van der Waals surface area (Å²) in [6, 6.07) is 11.5. The third-order valence-corrected chi connectivity index (χ3v) is 8.70. The molecule has 3 aromatic rings. The first-order valence-electron chi connectivity index (χ1n) is 13.4. The number of nitrogens with one attached hydrogen (secondary N) is 2. The molecular formula is C30H31N3O10S. The zero-order chi connectivity index (χ0) is 32.2. The summed E-state index contributed by atoms with van der Waals surface area (Å²) in [5.74, 6) is -2.05. The Morgan fingerprint density at radius 3 is 2.14 bits per heavy atom. The minimum absolute atomic E-state index is 0.0791. The van der Waals surface area contributed by atoms with Crippen LogP contribution >= 0.6 is 0 Å². The molecule has 0 radical (unpaired) electrons. The summed E-state index contributed by atoms with van der Waals surface area (Å²) in [6.45, 7) is 1.49. The average molecular weight is 626 g/mol. The molecule has 1 heterocycles. The molecule has 0 aliphatic carbocycles. The fourth-order valence-electron chi connectivity index (χ4n) is 4.90. The first-order valence-corrected chi connectivity index (χ1v) is 14.9. The molecule has 0 unspecified atom stereocenters. The number of ketones is 1. The van der Waals surface area contributed by atoms with Gasteiger partial charge in [0.05, 0.1) is 31.1 Å². The van der Waals surface area contributed by atoms with Crippen molar-refractivity contribution in [3.63, 3.8) is 0 Å². The maximum atomic E-state index is 13.8. The van der Waals surface area contributed by atoms with E-state index in [-0.39, 0.29) is 29.0 Å². The molecule has 44 heavy (non-hydrogen) atoms. The minimum atomic E-state index is -4.39. The van der Waals surface area contributed by atoms with E-state index < -0.39 is 50.6 Å². The van der Waals surface area contributed by atoms with Gasteiger partial charge in [0, 0.05) is 42.0 Å². The van der Waals surface area contributed by atoms with E-state index >= 15 is 0 Å². The quantitative estimate of drug-likeness (QED) is 0.225. The number of Topliss-reactive ketones (excluding diaryl/α,β-unsaturated/α-hetero) is 1. The molecule has 0 saturated heterocycles. The first-order chi connectivity index (χ1) is 20.9. The summed E-state index contributed by atoms with van der Waals surface area (Å²) in [4.78, 5) is 49.6. The number of nitro benzene ring substituents is 1. The molecule has 3 atom stereocenters. The zero-order valence-corrected chi connectivity index (χ0v) is 25.2. The van der Waals surface area contributed by atoms with E-state index in [9.17, 15) is 32.9 Å². The Morgan fingerprint density at radius 1 is 0.932 bits per heavy atom. The largest absolute Gasteiger partial charge is 0.496 e. The number of hydrogen-bond donors (Lipinski definition) is 2. The highest BCUT2D eigenvalue weighted by Crippen LogP contribution is 2.39. The zero-order valence-electron chi connectivity index (χ0n) is 24.4. The maximum Gasteiger partial charge on any atom is 0.328 e. The summed E-state index contributed by atoms with van der Waals surface area (Å²) < 4.78 is 45.4. The molecule has 4 rings (SSSR count). The van der Waals surface area contributed by atoms with Crippen molar-refractivity contribution in [1.82, 2.24) is 10.0 Å². The first kappa shape index (κ1) is 32.1. The van der Waals surface area contributed by atoms with Crippen LogP contribution in [-0.4, -0.2) is 58.4 Å². The highest BCUT2D eigenvalue weighted by Gasteiger charge is 2.33. The van der Waals surface area contributed by atoms with Gasteiger partial charge in [-0.05, 0) is 47.5 Å². The molecule has 14 heteroatoms. The van der Waals surface area contributed by atoms with Crippen LogP contribution in [0, 0.1) is 16.0 Å². The van der Waals surface area contributed by atoms with Gasteiger partial charge in [-0.1, -0.05) is 19.1 Å². The van der Waals surface area contributed by atoms with Crippen molar-refractivity contribution in [2.24, 2.45) is 5.92 Å². The normalized spacial score (nSPS) is 18.9. The van der Waals surface area contributed by atoms with E-state index in [1.165, 1.54) is 34.3 Å². The molecule has 0 aromatic heterocycles. The van der Waals surface area contributed by atoms with Crippen LogP contribution in [0.3, 0.4) is 0 Å². The summed E-state index contributed by atoms with van der Waals surface area (Å²) in [5, 5.41) is 13.7. The van der Waals surface area contributed by atoms with Crippen molar-refractivity contribution in [3.05, 3.63) is 81.9 Å². The van der Waals surface area contributed by atoms with Crippen LogP contribution in [0.5, 0.6) is 11.5 Å². The lowest BCUT2D eigenvalue weighted by Gasteiger charge is -2.24. The summed E-state index contributed by atoms with van der Waals surface area (Å²) in [6.07, 6.45) is -0.307. The number of non-ortho nitro benzene ring substituents is 1. The molecule has 3 aromatic carbocycles. The molecule has 0 saturated carbocycles. The number of nitro groups is 1. The molecular weight excluding hydrogens is 594 g/mol. The SMILES string of the molecule is COC(=O)[C@@H]1Cc2ccc(OC)c(c2)-c2cc(ccc2OC)[C@H](NS(=O)(=O)c2ccc([N+](=O)[O-])cc2)C(=O)C[C@@H](C)C(=O)N1. The van der Waals surface area contributed by atoms with Gasteiger partial charge in [-0.15, -0.1) is 0 Å². The van der Waals surface area contributed by atoms with Gasteiger partial charge in [0.25, 0.3) is 5.69 Å². The number of ether oxygens (including phenoxy) is 3. The van der Waals surface area contributed by atoms with Crippen LogP contribution in [0.15, 0.2) is 65.6 Å². The summed E-state index contributed by atoms with van der Waals surface area (Å²) in [5.41, 5.74) is 1.59. The van der Waals surface area contributed by atoms with Crippen molar-refractivity contribution >= 4 is 33.4 Å². The minimum Gasteiger partial charge on any atom is -0.496 e. The lowest BCUT2D eigenvalue weighted by Crippen LogP contribution is -2.45. The lowest BCUT2D eigenvalue weighted by molar-refractivity contribution is -0.384. The van der Waals surface area contributed by atoms with Crippen LogP contribution in [0.4, 0.5) is 5.69 Å². The summed E-state index contributed by atoms with van der Waals surface area (Å²) in [7, 11) is -0.269. The Morgan fingerprint density at radius 2 is 1.55 bits per heavy atom. The van der Waals surface area contributed by atoms with E-state index in [1.807, 2.05) is 0 Å². The number of rotatable bonds is 7. The van der Waals surface area contributed by atoms with Gasteiger partial charge in [0.2, 0.25) is 15.9 Å². The van der Waals surface area contributed by atoms with Crippen molar-refractivity contribution in [3.8, 4) is 22.6 Å². The molecule has 1 aliphatic heterocycles. The molecule has 1 aliphatic rings. The number of esters is 1. The van der Waals surface area contributed by atoms with E-state index in [1.54, 1.807) is 30.3 Å². The Hall–Kier alpha value is -4.82. The second-order valence-corrected chi connectivity index (χ2v) is 11.9. The van der Waals surface area contributed by atoms with Crippen LogP contribution in [0.2, 0.25) is 0 Å². The van der Waals surface area contributed by atoms with Crippen LogP contribution < -0.4 is 19.5 Å². The Kier molecular flexibility index (Phi) is 9.65. The van der Waals surface area contributed by atoms with Crippen molar-refractivity contribution in [2.45, 2.75) is 36.7 Å². The average Bonchev–Trinajstić information content (AvgIpc) is 3.02. The second kappa shape index (κ2) is 13.2. The number of hydrogen-bond acceptors (Lipinski definition) is 10. The lowest BCUT2D eigenvalue weighted by atomic mass is 9.91. The molecule has 0 fully saturated rings. The van der Waals surface area contributed by atoms with Gasteiger partial charge in [-0.3, -0.25) is 19.7 Å². The Balaban J connectivity index is 1.89. The molecule has 1 amide bonds. The van der Waals surface area contributed by atoms with E-state index in [4.69, 9.17) is 14.2 Å². The maximum absolute atomic E-state index is 13.8. The number of fused-ring (bicyclic) bond motifs is 5. The Bertz CT molecular complexity index is 1710. The molecule has 4 bridgehead atoms. The number of sulfonamides is 1. The Labute approximate surface area is 253 Å². The molecule has 232 valence electrons. The van der Waals surface area contributed by atoms with Gasteiger partial charge >= 0.3 is 5.97 Å². The number of carbonyl (C=O) groups excluding carboxylic acids is 3. The number of nitrogens with zero attached hydrogens (tertiary/aromatic N) is 1. The summed E-state index contributed by atoms with van der Waals surface area (Å²) >= 11 is 0. The number of methoxy groups -OCH3 is 3. The third kappa shape index (κ3) is 6.87. The van der Waals surface area contributed by atoms with Crippen molar-refractivity contribution in [1.29, 1.82) is 0 Å². The predicted octanol–water partition coefficient (Wildman–Crippen LogP) is 3.11. The fourth-order valence-corrected chi connectivity index (χ4v) is 6.10. The van der Waals surface area contributed by atoms with Gasteiger partial charge in [0.15, 0.2) is 5.78 Å². The van der Waals surface area contributed by atoms with E-state index in [2.05, 4.69) is 10.0 Å². The standard InChI is InChI=1S/C30H31N3O10S/c1-17-13-25(34)28(32-44(39,40)21-9-7-20(8-10-21)33(37)38)19-6-12-27(42-3)23(16-19)22-14-18(5-11-26(22)41-2)15-24(30(36)43-4)31-29(17)35/h5-12,14,16-17,24,28,32H,13,15H2,1-4H3,(H,31,35)/t17-,24+,28+/m1/s1. The monoisotopic (exact) mass is 625 g/mol. The molecule has 0 spiro atoms. The van der Waals surface area contributed by atoms with Gasteiger partial charge in [-0.25, -0.2) is 13.2 Å². The van der Waals surface area contributed by atoms with Crippen LogP contribution in [0.1, 0.15) is 30.5 Å². The number of amides is 1. The highest BCUT2D eigenvalue weighted by atomic mass is 32.2. The number of benzene rings is 3. The van der Waals surface area contributed by atoms with Crippen molar-refractivity contribution < 1.29 is 41.9 Å². The smallest absolute Gasteiger partial charge is 0.328 e. The molecule has 2 N–H and O–H groups in total. The molecule has 13 nitrogen and oxygen atoms in total.